The van der Waals surface area contributed by atoms with E-state index in [2.05, 4.69) is 10.3 Å². The summed E-state index contributed by atoms with van der Waals surface area (Å²) in [5.74, 6) is -0.516. The molecule has 0 saturated carbocycles. The largest absolute Gasteiger partial charge is 0.493 e. The predicted molar refractivity (Wildman–Crippen MR) is 156 cm³/mol. The second kappa shape index (κ2) is 11.8. The zero-order valence-electron chi connectivity index (χ0n) is 19.9. The van der Waals surface area contributed by atoms with Crippen molar-refractivity contribution in [2.75, 3.05) is 7.11 Å². The van der Waals surface area contributed by atoms with Crippen LogP contribution in [0, 0.1) is 23.8 Å². The number of thioether (sulfide) groups is 1. The van der Waals surface area contributed by atoms with E-state index in [4.69, 9.17) is 20.5 Å². The van der Waals surface area contributed by atoms with Gasteiger partial charge in [0, 0.05) is 24.3 Å². The van der Waals surface area contributed by atoms with E-state index in [1.54, 1.807) is 6.07 Å². The van der Waals surface area contributed by atoms with Crippen LogP contribution in [0.2, 0.25) is 5.02 Å². The number of methoxy groups -OCH3 is 1. The zero-order chi connectivity index (χ0) is 29.2. The molecule has 1 heterocycles. The van der Waals surface area contributed by atoms with Gasteiger partial charge >= 0.3 is 10.1 Å². The van der Waals surface area contributed by atoms with Crippen LogP contribution >= 0.6 is 46.0 Å². The number of benzene rings is 3. The summed E-state index contributed by atoms with van der Waals surface area (Å²) in [5.41, 5.74) is 0.229. The Morgan fingerprint density at radius 2 is 1.70 bits per heavy atom. The lowest BCUT2D eigenvalue weighted by molar-refractivity contribution is -0.385. The first-order chi connectivity index (χ1) is 18.9. The van der Waals surface area contributed by atoms with E-state index in [1.165, 1.54) is 31.4 Å². The topological polar surface area (TPSA) is 180 Å². The smallest absolute Gasteiger partial charge is 0.339 e. The van der Waals surface area contributed by atoms with Crippen molar-refractivity contribution < 1.29 is 32.0 Å². The number of ether oxygens (including phenoxy) is 1. The summed E-state index contributed by atoms with van der Waals surface area (Å²) in [6, 6.07) is 11.0. The Morgan fingerprint density at radius 3 is 2.30 bits per heavy atom. The molecule has 1 amide bonds. The normalized spacial score (nSPS) is 15.2. The fourth-order valence-electron chi connectivity index (χ4n) is 3.24. The fraction of sp³-hybridized carbons (Fsp3) is 0.0435. The van der Waals surface area contributed by atoms with Crippen LogP contribution in [0.3, 0.4) is 0 Å². The summed E-state index contributed by atoms with van der Waals surface area (Å²) in [6.07, 6.45) is 1.53. The van der Waals surface area contributed by atoms with Crippen molar-refractivity contribution in [3.05, 3.63) is 93.9 Å². The van der Waals surface area contributed by atoms with Gasteiger partial charge in [-0.15, -0.1) is 0 Å². The van der Waals surface area contributed by atoms with Crippen LogP contribution in [-0.2, 0) is 14.9 Å². The number of amides is 1. The Kier molecular flexibility index (Phi) is 8.62. The number of carbonyl (C=O) groups excluding carboxylic acids is 1. The molecule has 3 aromatic rings. The number of nitro benzene ring substituents is 2. The van der Waals surface area contributed by atoms with Crippen LogP contribution in [0.25, 0.3) is 6.08 Å². The number of hydrogen-bond acceptors (Lipinski definition) is 11. The number of rotatable bonds is 8. The molecule has 17 heteroatoms. The maximum Gasteiger partial charge on any atom is 0.339 e. The first kappa shape index (κ1) is 29.2. The molecule has 1 saturated heterocycles. The van der Waals surface area contributed by atoms with Gasteiger partial charge in [0.15, 0.2) is 16.7 Å². The molecule has 1 N–H and O–H groups in total. The van der Waals surface area contributed by atoms with E-state index in [0.717, 1.165) is 42.1 Å². The van der Waals surface area contributed by atoms with Gasteiger partial charge in [0.05, 0.1) is 36.1 Å². The maximum atomic E-state index is 12.8. The lowest BCUT2D eigenvalue weighted by Crippen LogP contribution is -2.19. The molecule has 40 heavy (non-hydrogen) atoms. The lowest BCUT2D eigenvalue weighted by atomic mass is 10.2. The van der Waals surface area contributed by atoms with Crippen molar-refractivity contribution in [2.45, 2.75) is 4.90 Å². The second-order valence-electron chi connectivity index (χ2n) is 7.70. The second-order valence-corrected chi connectivity index (χ2v) is 11.8. The fourth-order valence-corrected chi connectivity index (χ4v) is 6.13. The predicted octanol–water partition coefficient (Wildman–Crippen LogP) is 5.43. The van der Waals surface area contributed by atoms with Gasteiger partial charge in [0.2, 0.25) is 0 Å². The SMILES string of the molecule is COc1cc(/C=C2/SC(=Nc3ccc([N+](=O)[O-])cc3Cl)NC2=O)cc(I)c1OS(=O)(=O)c1ccc([N+](=O)[O-])cc1. The maximum absolute atomic E-state index is 12.8. The number of nitrogens with one attached hydrogen (secondary N) is 1. The van der Waals surface area contributed by atoms with E-state index in [9.17, 15) is 33.4 Å². The third-order valence-corrected chi connectivity index (χ3v) is 8.34. The molecule has 4 rings (SSSR count). The molecule has 1 aliphatic rings. The number of aliphatic imine (C=N–C) groups is 1. The van der Waals surface area contributed by atoms with Gasteiger partial charge in [0.25, 0.3) is 17.3 Å². The molecular formula is C23H14ClIN4O9S2. The number of halogens is 2. The van der Waals surface area contributed by atoms with Gasteiger partial charge in [-0.25, -0.2) is 4.99 Å². The van der Waals surface area contributed by atoms with E-state index in [1.807, 2.05) is 22.6 Å². The van der Waals surface area contributed by atoms with Gasteiger partial charge in [-0.05, 0) is 76.3 Å². The highest BCUT2D eigenvalue weighted by Gasteiger charge is 2.26. The highest BCUT2D eigenvalue weighted by molar-refractivity contribution is 14.1. The summed E-state index contributed by atoms with van der Waals surface area (Å²) in [6.45, 7) is 0. The molecule has 0 atom stereocenters. The zero-order valence-corrected chi connectivity index (χ0v) is 24.4. The van der Waals surface area contributed by atoms with Gasteiger partial charge in [-0.1, -0.05) is 11.6 Å². The van der Waals surface area contributed by atoms with Crippen LogP contribution < -0.4 is 14.2 Å². The molecular weight excluding hydrogens is 703 g/mol. The first-order valence-electron chi connectivity index (χ1n) is 10.7. The number of nitrogens with zero attached hydrogens (tertiary/aromatic N) is 3. The van der Waals surface area contributed by atoms with Crippen LogP contribution in [0.5, 0.6) is 11.5 Å². The minimum atomic E-state index is -4.36. The van der Waals surface area contributed by atoms with Crippen molar-refractivity contribution in [3.8, 4) is 11.5 Å². The van der Waals surface area contributed by atoms with E-state index in [0.29, 0.717) is 9.13 Å². The Hall–Kier alpha value is -3.74. The quantitative estimate of drug-likeness (QED) is 0.104. The van der Waals surface area contributed by atoms with Crippen molar-refractivity contribution in [1.29, 1.82) is 0 Å². The van der Waals surface area contributed by atoms with E-state index < -0.39 is 25.9 Å². The molecule has 0 aliphatic carbocycles. The molecule has 13 nitrogen and oxygen atoms in total. The summed E-state index contributed by atoms with van der Waals surface area (Å²) in [4.78, 5) is 37.3. The van der Waals surface area contributed by atoms with Gasteiger partial charge < -0.3 is 14.2 Å². The minimum absolute atomic E-state index is 0.0348. The average molecular weight is 717 g/mol. The Bertz CT molecular complexity index is 1730. The number of non-ortho nitro benzene ring substituents is 2. The average Bonchev–Trinajstić information content (AvgIpc) is 3.24. The molecule has 0 radical (unpaired) electrons. The van der Waals surface area contributed by atoms with E-state index in [-0.39, 0.29) is 48.6 Å². The van der Waals surface area contributed by atoms with Crippen molar-refractivity contribution in [3.63, 3.8) is 0 Å². The molecule has 206 valence electrons. The summed E-state index contributed by atoms with van der Waals surface area (Å²) in [5, 5.41) is 24.6. The molecule has 0 aromatic heterocycles. The summed E-state index contributed by atoms with van der Waals surface area (Å²) in [7, 11) is -3.05. The van der Waals surface area contributed by atoms with Crippen LogP contribution in [0.15, 0.2) is 69.4 Å². The van der Waals surface area contributed by atoms with Crippen molar-refractivity contribution >= 4 is 90.3 Å². The standard InChI is InChI=1S/C23H14ClIN4O9S2/c1-37-19-9-12(8-17(25)21(19)38-40(35,36)15-5-2-13(3-6-15)28(31)32)10-20-22(30)27-23(39-20)26-18-7-4-14(29(33)34)11-16(18)24/h2-11H,1H3,(H,26,27,30)/b20-10+. The summed E-state index contributed by atoms with van der Waals surface area (Å²) >= 11 is 8.93. The number of carbonyl (C=O) groups is 1. The first-order valence-corrected chi connectivity index (χ1v) is 14.4. The monoisotopic (exact) mass is 716 g/mol. The molecule has 1 aliphatic heterocycles. The summed E-state index contributed by atoms with van der Waals surface area (Å²) < 4.78 is 36.6. The van der Waals surface area contributed by atoms with Crippen molar-refractivity contribution in [1.82, 2.24) is 5.32 Å². The van der Waals surface area contributed by atoms with Gasteiger partial charge in [-0.2, -0.15) is 8.42 Å². The number of nitro groups is 2. The molecule has 0 bridgehead atoms. The van der Waals surface area contributed by atoms with Crippen LogP contribution in [-0.4, -0.2) is 36.4 Å². The lowest BCUT2D eigenvalue weighted by Gasteiger charge is -2.13. The number of amidine groups is 1. The molecule has 0 spiro atoms. The Labute approximate surface area is 248 Å². The van der Waals surface area contributed by atoms with Gasteiger partial charge in [0.1, 0.15) is 4.90 Å². The Morgan fingerprint density at radius 1 is 1.05 bits per heavy atom. The van der Waals surface area contributed by atoms with E-state index >= 15 is 0 Å². The molecule has 0 unspecified atom stereocenters. The van der Waals surface area contributed by atoms with Crippen LogP contribution in [0.4, 0.5) is 17.1 Å². The third kappa shape index (κ3) is 6.52. The number of hydrogen-bond donors (Lipinski definition) is 1. The van der Waals surface area contributed by atoms with Crippen molar-refractivity contribution in [2.24, 2.45) is 4.99 Å². The van der Waals surface area contributed by atoms with Crippen LogP contribution in [0.1, 0.15) is 5.56 Å². The highest BCUT2D eigenvalue weighted by Crippen LogP contribution is 2.38. The highest BCUT2D eigenvalue weighted by atomic mass is 127. The minimum Gasteiger partial charge on any atom is -0.493 e. The Balaban J connectivity index is 1.58. The third-order valence-electron chi connectivity index (χ3n) is 5.09. The molecule has 3 aromatic carbocycles. The molecule has 1 fully saturated rings. The van der Waals surface area contributed by atoms with Gasteiger partial charge in [-0.3, -0.25) is 25.0 Å².